The first-order valence-corrected chi connectivity index (χ1v) is 12.2. The van der Waals surface area contributed by atoms with Crippen LogP contribution in [0, 0.1) is 20.8 Å². The van der Waals surface area contributed by atoms with Crippen LogP contribution in [0.5, 0.6) is 5.75 Å². The van der Waals surface area contributed by atoms with E-state index in [0.29, 0.717) is 6.42 Å². The van der Waals surface area contributed by atoms with Crippen LogP contribution in [0.3, 0.4) is 0 Å². The highest BCUT2D eigenvalue weighted by Crippen LogP contribution is 2.24. The van der Waals surface area contributed by atoms with Gasteiger partial charge in [-0.2, -0.15) is 13.6 Å². The Bertz CT molecular complexity index is 1140. The SMILES string of the molecule is Cc1csc(C(Cc2ccc(OS(N)(=O)=O)cc2)NC(=O)Cc2sc(C)nc2C)n1. The number of amides is 1. The molecule has 0 aliphatic heterocycles. The molecule has 160 valence electrons. The first-order chi connectivity index (χ1) is 14.1. The van der Waals surface area contributed by atoms with Crippen LogP contribution in [-0.4, -0.2) is 24.3 Å². The van der Waals surface area contributed by atoms with Crippen LogP contribution in [0.1, 0.15) is 37.9 Å². The molecule has 1 unspecified atom stereocenters. The van der Waals surface area contributed by atoms with Gasteiger partial charge in [0.2, 0.25) is 5.91 Å². The number of carbonyl (C=O) groups is 1. The first kappa shape index (κ1) is 22.3. The molecule has 0 spiro atoms. The number of rotatable bonds is 8. The fourth-order valence-electron chi connectivity index (χ4n) is 2.91. The molecule has 30 heavy (non-hydrogen) atoms. The van der Waals surface area contributed by atoms with E-state index >= 15 is 0 Å². The highest BCUT2D eigenvalue weighted by atomic mass is 32.2. The summed E-state index contributed by atoms with van der Waals surface area (Å²) >= 11 is 3.01. The first-order valence-electron chi connectivity index (χ1n) is 9.04. The number of nitrogens with two attached hydrogens (primary N) is 1. The number of thiazole rings is 2. The molecule has 1 aromatic carbocycles. The summed E-state index contributed by atoms with van der Waals surface area (Å²) in [6.07, 6.45) is 0.758. The van der Waals surface area contributed by atoms with E-state index in [9.17, 15) is 13.2 Å². The fraction of sp³-hybridized carbons (Fsp3) is 0.316. The van der Waals surface area contributed by atoms with Crippen molar-refractivity contribution in [3.8, 4) is 5.75 Å². The van der Waals surface area contributed by atoms with Gasteiger partial charge in [0.05, 0.1) is 23.2 Å². The third-order valence-electron chi connectivity index (χ3n) is 4.17. The second-order valence-corrected chi connectivity index (χ2v) is 10.1. The van der Waals surface area contributed by atoms with Gasteiger partial charge in [0, 0.05) is 16.0 Å². The van der Waals surface area contributed by atoms with E-state index in [-0.39, 0.29) is 24.1 Å². The average Bonchev–Trinajstić information content (AvgIpc) is 3.20. The minimum absolute atomic E-state index is 0.103. The van der Waals surface area contributed by atoms with Crippen molar-refractivity contribution in [2.24, 2.45) is 5.14 Å². The van der Waals surface area contributed by atoms with E-state index in [4.69, 9.17) is 5.14 Å². The molecule has 0 bridgehead atoms. The number of carbonyl (C=O) groups excluding carboxylic acids is 1. The van der Waals surface area contributed by atoms with E-state index in [1.54, 1.807) is 12.1 Å². The van der Waals surface area contributed by atoms with Crippen molar-refractivity contribution in [3.63, 3.8) is 0 Å². The Kier molecular flexibility index (Phi) is 6.86. The summed E-state index contributed by atoms with van der Waals surface area (Å²) in [6, 6.07) is 6.20. The molecule has 3 N–H and O–H groups in total. The Labute approximate surface area is 183 Å². The molecule has 1 amide bonds. The average molecular weight is 467 g/mol. The molecule has 8 nitrogen and oxygen atoms in total. The second-order valence-electron chi connectivity index (χ2n) is 6.79. The lowest BCUT2D eigenvalue weighted by Crippen LogP contribution is -2.31. The summed E-state index contributed by atoms with van der Waals surface area (Å²) in [6.45, 7) is 5.73. The second kappa shape index (κ2) is 9.21. The summed E-state index contributed by atoms with van der Waals surface area (Å²) < 4.78 is 26.7. The Hall–Kier alpha value is -2.34. The van der Waals surface area contributed by atoms with Crippen molar-refractivity contribution >= 4 is 38.9 Å². The van der Waals surface area contributed by atoms with E-state index in [1.807, 2.05) is 26.2 Å². The molecule has 3 rings (SSSR count). The fourth-order valence-corrected chi connectivity index (χ4v) is 5.07. The summed E-state index contributed by atoms with van der Waals surface area (Å²) in [5, 5.41) is 11.6. The van der Waals surface area contributed by atoms with E-state index in [0.717, 1.165) is 31.8 Å². The summed E-state index contributed by atoms with van der Waals surface area (Å²) in [4.78, 5) is 22.6. The van der Waals surface area contributed by atoms with Crippen molar-refractivity contribution in [2.45, 2.75) is 39.7 Å². The van der Waals surface area contributed by atoms with Crippen molar-refractivity contribution < 1.29 is 17.4 Å². The van der Waals surface area contributed by atoms with Gasteiger partial charge in [0.1, 0.15) is 10.8 Å². The van der Waals surface area contributed by atoms with Gasteiger partial charge in [0.25, 0.3) is 0 Å². The van der Waals surface area contributed by atoms with E-state index in [2.05, 4.69) is 19.5 Å². The molecule has 0 aliphatic rings. The number of nitrogens with one attached hydrogen (secondary N) is 1. The minimum Gasteiger partial charge on any atom is -0.371 e. The van der Waals surface area contributed by atoms with Crippen molar-refractivity contribution in [1.82, 2.24) is 15.3 Å². The van der Waals surface area contributed by atoms with Crippen molar-refractivity contribution in [1.29, 1.82) is 0 Å². The molecular formula is C19H22N4O4S3. The van der Waals surface area contributed by atoms with Gasteiger partial charge in [-0.15, -0.1) is 22.7 Å². The number of aromatic nitrogens is 2. The summed E-state index contributed by atoms with van der Waals surface area (Å²) in [7, 11) is -4.07. The van der Waals surface area contributed by atoms with Gasteiger partial charge in [-0.25, -0.2) is 9.97 Å². The Morgan fingerprint density at radius 3 is 2.43 bits per heavy atom. The van der Waals surface area contributed by atoms with Gasteiger partial charge >= 0.3 is 10.3 Å². The number of benzene rings is 1. The van der Waals surface area contributed by atoms with E-state index in [1.165, 1.54) is 34.8 Å². The highest BCUT2D eigenvalue weighted by Gasteiger charge is 2.20. The van der Waals surface area contributed by atoms with Crippen LogP contribution < -0.4 is 14.6 Å². The smallest absolute Gasteiger partial charge is 0.371 e. The van der Waals surface area contributed by atoms with Gasteiger partial charge in [-0.3, -0.25) is 4.79 Å². The zero-order chi connectivity index (χ0) is 21.9. The van der Waals surface area contributed by atoms with Crippen LogP contribution in [0.15, 0.2) is 29.6 Å². The van der Waals surface area contributed by atoms with Gasteiger partial charge in [-0.05, 0) is 44.9 Å². The topological polar surface area (TPSA) is 124 Å². The molecule has 0 saturated heterocycles. The number of aryl methyl sites for hydroxylation is 3. The van der Waals surface area contributed by atoms with Crippen molar-refractivity contribution in [2.75, 3.05) is 0 Å². The van der Waals surface area contributed by atoms with Crippen LogP contribution in [0.25, 0.3) is 0 Å². The third kappa shape index (κ3) is 6.33. The van der Waals surface area contributed by atoms with Gasteiger partial charge in [-0.1, -0.05) is 12.1 Å². The minimum atomic E-state index is -4.07. The zero-order valence-corrected chi connectivity index (χ0v) is 19.2. The summed E-state index contributed by atoms with van der Waals surface area (Å²) in [5.41, 5.74) is 2.65. The Morgan fingerprint density at radius 2 is 1.90 bits per heavy atom. The monoisotopic (exact) mass is 466 g/mol. The molecule has 2 aromatic heterocycles. The van der Waals surface area contributed by atoms with Crippen LogP contribution in [0.2, 0.25) is 0 Å². The molecule has 0 saturated carbocycles. The molecule has 0 aliphatic carbocycles. The maximum absolute atomic E-state index is 12.7. The van der Waals surface area contributed by atoms with E-state index < -0.39 is 10.3 Å². The number of nitrogens with zero attached hydrogens (tertiary/aromatic N) is 2. The highest BCUT2D eigenvalue weighted by molar-refractivity contribution is 7.84. The molecule has 2 heterocycles. The van der Waals surface area contributed by atoms with Gasteiger partial charge < -0.3 is 9.50 Å². The van der Waals surface area contributed by atoms with Gasteiger partial charge in [0.15, 0.2) is 0 Å². The standard InChI is InChI=1S/C19H22N4O4S3/c1-11-10-28-19(21-11)16(23-18(24)9-17-12(2)22-13(3)29-17)8-14-4-6-15(7-5-14)27-30(20,25)26/h4-7,10,16H,8-9H2,1-3H3,(H,23,24)(H2,20,25,26). The van der Waals surface area contributed by atoms with Crippen molar-refractivity contribution in [3.05, 3.63) is 61.5 Å². The lowest BCUT2D eigenvalue weighted by atomic mass is 10.1. The Morgan fingerprint density at radius 1 is 1.20 bits per heavy atom. The predicted octanol–water partition coefficient (Wildman–Crippen LogP) is 2.75. The van der Waals surface area contributed by atoms with Crippen LogP contribution in [-0.2, 0) is 27.9 Å². The lowest BCUT2D eigenvalue weighted by Gasteiger charge is -2.17. The Balaban J connectivity index is 1.74. The largest absolute Gasteiger partial charge is 0.380 e. The van der Waals surface area contributed by atoms with Crippen LogP contribution in [0.4, 0.5) is 0 Å². The predicted molar refractivity (Wildman–Crippen MR) is 117 cm³/mol. The van der Waals surface area contributed by atoms with Crippen LogP contribution >= 0.6 is 22.7 Å². The normalized spacial score (nSPS) is 12.5. The molecular weight excluding hydrogens is 444 g/mol. The lowest BCUT2D eigenvalue weighted by molar-refractivity contribution is -0.121. The zero-order valence-electron chi connectivity index (χ0n) is 16.7. The third-order valence-corrected chi connectivity index (χ3v) is 6.74. The summed E-state index contributed by atoms with van der Waals surface area (Å²) in [5.74, 6) is 0.0248. The molecule has 11 heteroatoms. The molecule has 3 aromatic rings. The maximum Gasteiger partial charge on any atom is 0.380 e. The number of hydrogen-bond acceptors (Lipinski definition) is 8. The molecule has 1 atom stereocenters. The maximum atomic E-state index is 12.7. The quantitative estimate of drug-likeness (QED) is 0.526. The number of hydrogen-bond donors (Lipinski definition) is 2. The molecule has 0 radical (unpaired) electrons. The molecule has 0 fully saturated rings.